The summed E-state index contributed by atoms with van der Waals surface area (Å²) >= 11 is 2.06. The monoisotopic (exact) mass is 575 g/mol. The van der Waals surface area contributed by atoms with Crippen molar-refractivity contribution in [2.24, 2.45) is 0 Å². The Kier molecular flexibility index (Phi) is 7.41. The highest BCUT2D eigenvalue weighted by Crippen LogP contribution is 2.23. The van der Waals surface area contributed by atoms with E-state index >= 15 is 0 Å². The van der Waals surface area contributed by atoms with Gasteiger partial charge in [-0.1, -0.05) is 24.3 Å². The van der Waals surface area contributed by atoms with Gasteiger partial charge in [0.25, 0.3) is 11.6 Å². The number of nitro groups is 1. The molecule has 33 heavy (non-hydrogen) atoms. The van der Waals surface area contributed by atoms with Gasteiger partial charge in [-0.05, 0) is 70.6 Å². The van der Waals surface area contributed by atoms with E-state index in [0.717, 1.165) is 27.8 Å². The Bertz CT molecular complexity index is 1400. The van der Waals surface area contributed by atoms with Gasteiger partial charge in [0.15, 0.2) is 0 Å². The highest BCUT2D eigenvalue weighted by atomic mass is 127. The second-order valence-corrected chi connectivity index (χ2v) is 9.17. The fraction of sp³-hybridized carbons (Fsp3) is 0. The summed E-state index contributed by atoms with van der Waals surface area (Å²) < 4.78 is 30.9. The normalized spacial score (nSPS) is 11.3. The van der Waals surface area contributed by atoms with Crippen LogP contribution in [0.3, 0.4) is 0 Å². The number of nitrogens with one attached hydrogen (secondary N) is 1. The standard InChI is InChI=1S/C22H14IN3O6S/c23-20-6-1-2-7-21(20)25-22(27)16(14-24)12-15-4-3-5-18(13-15)32-33(30,31)19-10-8-17(9-11-19)26(28)29/h1-13H,(H,25,27)/b16-12-. The molecule has 0 unspecified atom stereocenters. The smallest absolute Gasteiger partial charge is 0.339 e. The van der Waals surface area contributed by atoms with E-state index in [1.807, 2.05) is 12.1 Å². The summed E-state index contributed by atoms with van der Waals surface area (Å²) in [6, 6.07) is 19.0. The number of non-ortho nitro benzene ring substituents is 1. The molecular formula is C22H14IN3O6S. The third-order valence-electron chi connectivity index (χ3n) is 4.20. The third kappa shape index (κ3) is 6.15. The van der Waals surface area contributed by atoms with Crippen LogP contribution in [0.2, 0.25) is 0 Å². The fourth-order valence-corrected chi connectivity index (χ4v) is 4.08. The number of nitrogens with zero attached hydrogens (tertiary/aromatic N) is 2. The highest BCUT2D eigenvalue weighted by Gasteiger charge is 2.18. The number of carbonyl (C=O) groups is 1. The Hall–Kier alpha value is -3.76. The topological polar surface area (TPSA) is 139 Å². The van der Waals surface area contributed by atoms with Gasteiger partial charge >= 0.3 is 10.1 Å². The van der Waals surface area contributed by atoms with Crippen LogP contribution in [0, 0.1) is 25.0 Å². The van der Waals surface area contributed by atoms with Crippen LogP contribution in [-0.4, -0.2) is 19.2 Å². The molecule has 0 bridgehead atoms. The minimum atomic E-state index is -4.26. The molecule has 166 valence electrons. The fourth-order valence-electron chi connectivity index (χ4n) is 2.63. The number of hydrogen-bond acceptors (Lipinski definition) is 7. The van der Waals surface area contributed by atoms with Crippen LogP contribution < -0.4 is 9.50 Å². The summed E-state index contributed by atoms with van der Waals surface area (Å²) in [5, 5.41) is 22.8. The lowest BCUT2D eigenvalue weighted by molar-refractivity contribution is -0.384. The lowest BCUT2D eigenvalue weighted by atomic mass is 10.1. The first-order chi connectivity index (χ1) is 15.7. The SMILES string of the molecule is N#C/C(=C/c1cccc(OS(=O)(=O)c2ccc([N+](=O)[O-])cc2)c1)C(=O)Nc1ccccc1I. The number of carbonyl (C=O) groups excluding carboxylic acids is 1. The van der Waals surface area contributed by atoms with Gasteiger partial charge in [0.05, 0.1) is 10.6 Å². The van der Waals surface area contributed by atoms with Crippen molar-refractivity contribution in [2.45, 2.75) is 4.90 Å². The molecule has 0 aromatic heterocycles. The summed E-state index contributed by atoms with van der Waals surface area (Å²) in [4.78, 5) is 22.3. The van der Waals surface area contributed by atoms with Crippen molar-refractivity contribution in [2.75, 3.05) is 5.32 Å². The summed E-state index contributed by atoms with van der Waals surface area (Å²) in [6.07, 6.45) is 1.30. The van der Waals surface area contributed by atoms with Crippen LogP contribution >= 0.6 is 22.6 Å². The molecule has 0 radical (unpaired) electrons. The molecule has 3 aromatic rings. The van der Waals surface area contributed by atoms with Crippen molar-refractivity contribution in [1.29, 1.82) is 5.26 Å². The Morgan fingerprint density at radius 2 is 1.79 bits per heavy atom. The van der Waals surface area contributed by atoms with E-state index in [9.17, 15) is 28.6 Å². The Morgan fingerprint density at radius 3 is 2.42 bits per heavy atom. The number of para-hydroxylation sites is 1. The van der Waals surface area contributed by atoms with Crippen LogP contribution in [0.5, 0.6) is 5.75 Å². The summed E-state index contributed by atoms with van der Waals surface area (Å²) in [7, 11) is -4.26. The Balaban J connectivity index is 1.81. The van der Waals surface area contributed by atoms with Gasteiger partial charge in [0.1, 0.15) is 22.3 Å². The van der Waals surface area contributed by atoms with Crippen LogP contribution in [0.15, 0.2) is 83.3 Å². The van der Waals surface area contributed by atoms with Crippen LogP contribution in [0.4, 0.5) is 11.4 Å². The summed E-state index contributed by atoms with van der Waals surface area (Å²) in [5.74, 6) is -0.677. The highest BCUT2D eigenvalue weighted by molar-refractivity contribution is 14.1. The minimum absolute atomic E-state index is 0.0580. The van der Waals surface area contributed by atoms with Gasteiger partial charge in [-0.2, -0.15) is 13.7 Å². The molecule has 1 amide bonds. The van der Waals surface area contributed by atoms with Gasteiger partial charge < -0.3 is 9.50 Å². The molecule has 3 rings (SSSR count). The van der Waals surface area contributed by atoms with E-state index in [0.29, 0.717) is 11.3 Å². The number of benzene rings is 3. The predicted octanol–water partition coefficient (Wildman–Crippen LogP) is 4.51. The van der Waals surface area contributed by atoms with Gasteiger partial charge in [0, 0.05) is 15.7 Å². The molecule has 1 N–H and O–H groups in total. The van der Waals surface area contributed by atoms with E-state index in [1.165, 1.54) is 24.3 Å². The van der Waals surface area contributed by atoms with Gasteiger partial charge in [-0.15, -0.1) is 0 Å². The molecule has 0 spiro atoms. The first-order valence-electron chi connectivity index (χ1n) is 9.16. The van der Waals surface area contributed by atoms with Crippen molar-refractivity contribution in [3.63, 3.8) is 0 Å². The molecular weight excluding hydrogens is 561 g/mol. The Labute approximate surface area is 202 Å². The number of anilines is 1. The van der Waals surface area contributed by atoms with Crippen molar-refractivity contribution in [3.8, 4) is 11.8 Å². The summed E-state index contributed by atoms with van der Waals surface area (Å²) in [6.45, 7) is 0. The zero-order valence-electron chi connectivity index (χ0n) is 16.6. The lowest BCUT2D eigenvalue weighted by Gasteiger charge is -2.08. The van der Waals surface area contributed by atoms with Crippen LogP contribution in [0.25, 0.3) is 6.08 Å². The first kappa shape index (κ1) is 23.9. The van der Waals surface area contributed by atoms with Crippen molar-refractivity contribution in [1.82, 2.24) is 0 Å². The predicted molar refractivity (Wildman–Crippen MR) is 129 cm³/mol. The third-order valence-corrected chi connectivity index (χ3v) is 6.40. The Morgan fingerprint density at radius 1 is 1.09 bits per heavy atom. The number of nitro benzene ring substituents is 1. The average molecular weight is 575 g/mol. The molecule has 9 nitrogen and oxygen atoms in total. The number of amides is 1. The van der Waals surface area contributed by atoms with E-state index < -0.39 is 20.9 Å². The molecule has 0 aliphatic rings. The van der Waals surface area contributed by atoms with Crippen LogP contribution in [-0.2, 0) is 14.9 Å². The first-order valence-corrected chi connectivity index (χ1v) is 11.6. The van der Waals surface area contributed by atoms with Crippen molar-refractivity contribution in [3.05, 3.63) is 97.6 Å². The van der Waals surface area contributed by atoms with E-state index in [-0.39, 0.29) is 21.9 Å². The zero-order chi connectivity index (χ0) is 24.0. The molecule has 0 aliphatic carbocycles. The largest absolute Gasteiger partial charge is 0.379 e. The maximum atomic E-state index is 12.5. The van der Waals surface area contributed by atoms with Gasteiger partial charge in [-0.3, -0.25) is 14.9 Å². The molecule has 0 saturated carbocycles. The second-order valence-electron chi connectivity index (χ2n) is 6.46. The molecule has 0 aliphatic heterocycles. The summed E-state index contributed by atoms with van der Waals surface area (Å²) in [5.41, 5.74) is 0.468. The molecule has 3 aromatic carbocycles. The molecule has 0 saturated heterocycles. The number of hydrogen-bond donors (Lipinski definition) is 1. The van der Waals surface area contributed by atoms with E-state index in [1.54, 1.807) is 24.3 Å². The maximum absolute atomic E-state index is 12.5. The molecule has 0 fully saturated rings. The van der Waals surface area contributed by atoms with Gasteiger partial charge in [0.2, 0.25) is 0 Å². The van der Waals surface area contributed by atoms with Gasteiger partial charge in [-0.25, -0.2) is 0 Å². The second kappa shape index (κ2) is 10.2. The molecule has 11 heteroatoms. The zero-order valence-corrected chi connectivity index (χ0v) is 19.6. The minimum Gasteiger partial charge on any atom is -0.379 e. The number of rotatable bonds is 7. The average Bonchev–Trinajstić information content (AvgIpc) is 2.79. The van der Waals surface area contributed by atoms with Crippen molar-refractivity contribution >= 4 is 56.1 Å². The quantitative estimate of drug-likeness (QED) is 0.109. The number of nitriles is 1. The van der Waals surface area contributed by atoms with E-state index in [4.69, 9.17) is 4.18 Å². The number of halogens is 1. The van der Waals surface area contributed by atoms with E-state index in [2.05, 4.69) is 27.9 Å². The van der Waals surface area contributed by atoms with Crippen molar-refractivity contribution < 1.29 is 22.3 Å². The molecule has 0 heterocycles. The maximum Gasteiger partial charge on any atom is 0.339 e. The molecule has 0 atom stereocenters. The van der Waals surface area contributed by atoms with Crippen LogP contribution in [0.1, 0.15) is 5.56 Å². The lowest BCUT2D eigenvalue weighted by Crippen LogP contribution is -2.14.